The van der Waals surface area contributed by atoms with Crippen molar-refractivity contribution >= 4 is 15.9 Å². The zero-order valence-corrected chi connectivity index (χ0v) is 11.2. The predicted molar refractivity (Wildman–Crippen MR) is 73.1 cm³/mol. The summed E-state index contributed by atoms with van der Waals surface area (Å²) in [4.78, 5) is 0.285. The van der Waals surface area contributed by atoms with Gasteiger partial charge in [0.15, 0.2) is 0 Å². The summed E-state index contributed by atoms with van der Waals surface area (Å²) in [5.74, 6) is 0. The molecule has 0 fully saturated rings. The first kappa shape index (κ1) is 11.4. The highest BCUT2D eigenvalue weighted by Gasteiger charge is 2.09. The lowest BCUT2D eigenvalue weighted by Gasteiger charge is -2.12. The number of hydrogen-bond acceptors (Lipinski definition) is 0. The first-order chi connectivity index (χ1) is 7.68. The SMILES string of the molecule is Cc1ccc(C(Br)c2ccccc2)cc1C. The Kier molecular flexibility index (Phi) is 3.45. The number of benzene rings is 2. The second kappa shape index (κ2) is 4.84. The number of rotatable bonds is 2. The van der Waals surface area contributed by atoms with Crippen LogP contribution in [0.4, 0.5) is 0 Å². The summed E-state index contributed by atoms with van der Waals surface area (Å²) in [5, 5.41) is 0. The van der Waals surface area contributed by atoms with Crippen LogP contribution in [0, 0.1) is 13.8 Å². The lowest BCUT2D eigenvalue weighted by atomic mass is 10.0. The smallest absolute Gasteiger partial charge is 0.0644 e. The van der Waals surface area contributed by atoms with Crippen molar-refractivity contribution in [1.29, 1.82) is 0 Å². The van der Waals surface area contributed by atoms with Gasteiger partial charge < -0.3 is 0 Å². The molecule has 0 aliphatic carbocycles. The van der Waals surface area contributed by atoms with Gasteiger partial charge in [0, 0.05) is 0 Å². The van der Waals surface area contributed by atoms with Crippen LogP contribution in [0.3, 0.4) is 0 Å². The second-order valence-electron chi connectivity index (χ2n) is 4.12. The van der Waals surface area contributed by atoms with Crippen molar-refractivity contribution in [3.05, 3.63) is 70.8 Å². The Balaban J connectivity index is 2.34. The summed E-state index contributed by atoms with van der Waals surface area (Å²) < 4.78 is 0. The topological polar surface area (TPSA) is 0 Å². The maximum absolute atomic E-state index is 3.75. The summed E-state index contributed by atoms with van der Waals surface area (Å²) in [6.45, 7) is 4.30. The first-order valence-corrected chi connectivity index (χ1v) is 6.36. The van der Waals surface area contributed by atoms with E-state index in [4.69, 9.17) is 0 Å². The molecule has 2 aromatic rings. The summed E-state index contributed by atoms with van der Waals surface area (Å²) >= 11 is 3.75. The predicted octanol–water partition coefficient (Wildman–Crippen LogP) is 4.79. The lowest BCUT2D eigenvalue weighted by Crippen LogP contribution is -1.93. The van der Waals surface area contributed by atoms with Crippen molar-refractivity contribution in [2.75, 3.05) is 0 Å². The summed E-state index contributed by atoms with van der Waals surface area (Å²) in [6.07, 6.45) is 0. The largest absolute Gasteiger partial charge is 0.0786 e. The van der Waals surface area contributed by atoms with Crippen LogP contribution in [-0.2, 0) is 0 Å². The number of alkyl halides is 1. The molecule has 0 saturated carbocycles. The Bertz CT molecular complexity index is 474. The standard InChI is InChI=1S/C15H15Br/c1-11-8-9-14(10-12(11)2)15(16)13-6-4-3-5-7-13/h3-10,15H,1-2H3. The van der Waals surface area contributed by atoms with E-state index in [1.807, 2.05) is 6.07 Å². The Morgan fingerprint density at radius 2 is 1.50 bits per heavy atom. The molecule has 1 atom stereocenters. The van der Waals surface area contributed by atoms with E-state index in [1.54, 1.807) is 0 Å². The van der Waals surface area contributed by atoms with E-state index in [1.165, 1.54) is 22.3 Å². The second-order valence-corrected chi connectivity index (χ2v) is 5.03. The Hall–Kier alpha value is -1.08. The Morgan fingerprint density at radius 3 is 2.12 bits per heavy atom. The molecule has 0 aliphatic heterocycles. The van der Waals surface area contributed by atoms with Gasteiger partial charge in [-0.3, -0.25) is 0 Å². The van der Waals surface area contributed by atoms with Crippen LogP contribution in [0.2, 0.25) is 0 Å². The normalized spacial score (nSPS) is 12.4. The van der Waals surface area contributed by atoms with E-state index in [9.17, 15) is 0 Å². The molecule has 0 aliphatic rings. The van der Waals surface area contributed by atoms with Gasteiger partial charge >= 0.3 is 0 Å². The Labute approximate surface area is 105 Å². The number of aryl methyl sites for hydroxylation is 2. The zero-order valence-electron chi connectivity index (χ0n) is 9.57. The van der Waals surface area contributed by atoms with E-state index in [-0.39, 0.29) is 4.83 Å². The molecule has 0 radical (unpaired) electrons. The fourth-order valence-electron chi connectivity index (χ4n) is 1.74. The minimum atomic E-state index is 0.285. The molecule has 82 valence electrons. The van der Waals surface area contributed by atoms with Crippen LogP contribution in [0.25, 0.3) is 0 Å². The molecule has 0 nitrogen and oxygen atoms in total. The van der Waals surface area contributed by atoms with Gasteiger partial charge in [0.25, 0.3) is 0 Å². The van der Waals surface area contributed by atoms with E-state index in [0.717, 1.165) is 0 Å². The highest BCUT2D eigenvalue weighted by Crippen LogP contribution is 2.31. The van der Waals surface area contributed by atoms with Crippen molar-refractivity contribution in [2.45, 2.75) is 18.7 Å². The molecule has 1 unspecified atom stereocenters. The molecule has 0 aromatic heterocycles. The van der Waals surface area contributed by atoms with Gasteiger partial charge in [0.2, 0.25) is 0 Å². The van der Waals surface area contributed by atoms with Gasteiger partial charge in [-0.05, 0) is 36.1 Å². The van der Waals surface area contributed by atoms with Gasteiger partial charge in [0.05, 0.1) is 4.83 Å². The van der Waals surface area contributed by atoms with E-state index in [0.29, 0.717) is 0 Å². The molecule has 0 spiro atoms. The molecule has 2 aromatic carbocycles. The van der Waals surface area contributed by atoms with Crippen LogP contribution in [0.1, 0.15) is 27.1 Å². The third-order valence-corrected chi connectivity index (χ3v) is 3.97. The molecule has 0 N–H and O–H groups in total. The van der Waals surface area contributed by atoms with Gasteiger partial charge in [-0.2, -0.15) is 0 Å². The monoisotopic (exact) mass is 274 g/mol. The first-order valence-electron chi connectivity index (χ1n) is 5.44. The van der Waals surface area contributed by atoms with Crippen LogP contribution in [0.5, 0.6) is 0 Å². The summed E-state index contributed by atoms with van der Waals surface area (Å²) in [6, 6.07) is 17.1. The maximum atomic E-state index is 3.75. The van der Waals surface area contributed by atoms with E-state index >= 15 is 0 Å². The highest BCUT2D eigenvalue weighted by molar-refractivity contribution is 9.09. The van der Waals surface area contributed by atoms with Gasteiger partial charge in [0.1, 0.15) is 0 Å². The van der Waals surface area contributed by atoms with Crippen molar-refractivity contribution in [1.82, 2.24) is 0 Å². The lowest BCUT2D eigenvalue weighted by molar-refractivity contribution is 1.16. The van der Waals surface area contributed by atoms with Crippen LogP contribution in [-0.4, -0.2) is 0 Å². The van der Waals surface area contributed by atoms with Crippen molar-refractivity contribution in [3.63, 3.8) is 0 Å². The molecule has 0 amide bonds. The zero-order chi connectivity index (χ0) is 11.5. The fourth-order valence-corrected chi connectivity index (χ4v) is 2.33. The summed E-state index contributed by atoms with van der Waals surface area (Å²) in [7, 11) is 0. The van der Waals surface area contributed by atoms with Crippen LogP contribution in [0.15, 0.2) is 48.5 Å². The Morgan fingerprint density at radius 1 is 0.812 bits per heavy atom. The average molecular weight is 275 g/mol. The van der Waals surface area contributed by atoms with Crippen molar-refractivity contribution < 1.29 is 0 Å². The van der Waals surface area contributed by atoms with Gasteiger partial charge in [-0.15, -0.1) is 0 Å². The van der Waals surface area contributed by atoms with E-state index in [2.05, 4.69) is 72.2 Å². The van der Waals surface area contributed by atoms with Crippen molar-refractivity contribution in [3.8, 4) is 0 Å². The molecule has 0 bridgehead atoms. The molecule has 16 heavy (non-hydrogen) atoms. The van der Waals surface area contributed by atoms with Crippen LogP contribution >= 0.6 is 15.9 Å². The minimum absolute atomic E-state index is 0.285. The average Bonchev–Trinajstić information content (AvgIpc) is 2.33. The summed E-state index contributed by atoms with van der Waals surface area (Å²) in [5.41, 5.74) is 5.30. The minimum Gasteiger partial charge on any atom is -0.0786 e. The van der Waals surface area contributed by atoms with Crippen LogP contribution < -0.4 is 0 Å². The van der Waals surface area contributed by atoms with Crippen molar-refractivity contribution in [2.24, 2.45) is 0 Å². The third kappa shape index (κ3) is 2.35. The maximum Gasteiger partial charge on any atom is 0.0644 e. The quantitative estimate of drug-likeness (QED) is 0.691. The molecule has 2 rings (SSSR count). The molecule has 1 heteroatoms. The molecule has 0 heterocycles. The number of halogens is 1. The molecular weight excluding hydrogens is 260 g/mol. The third-order valence-electron chi connectivity index (χ3n) is 2.92. The molecular formula is C15H15Br. The highest BCUT2D eigenvalue weighted by atomic mass is 79.9. The number of hydrogen-bond donors (Lipinski definition) is 0. The van der Waals surface area contributed by atoms with E-state index < -0.39 is 0 Å². The van der Waals surface area contributed by atoms with Gasteiger partial charge in [-0.1, -0.05) is 64.5 Å². The molecule has 0 saturated heterocycles. The fraction of sp³-hybridized carbons (Fsp3) is 0.200. The van der Waals surface area contributed by atoms with Gasteiger partial charge in [-0.25, -0.2) is 0 Å².